The maximum atomic E-state index is 9.40. The van der Waals surface area contributed by atoms with Gasteiger partial charge in [0.05, 0.1) is 5.69 Å². The van der Waals surface area contributed by atoms with Crippen molar-refractivity contribution in [2.45, 2.75) is 6.42 Å². The van der Waals surface area contributed by atoms with E-state index in [1.54, 1.807) is 11.8 Å². The lowest BCUT2D eigenvalue weighted by Crippen LogP contribution is -2.23. The van der Waals surface area contributed by atoms with Crippen molar-refractivity contribution >= 4 is 28.2 Å². The van der Waals surface area contributed by atoms with Gasteiger partial charge in [0.1, 0.15) is 11.8 Å². The Kier molecular flexibility index (Phi) is 2.96. The Balaban J connectivity index is 2.29. The molecule has 2 nitrogen and oxygen atoms in total. The number of allylic oxidation sites excluding steroid dienone is 2. The SMILES string of the molecule is CSC1=C(C#N)N(C)c2c(ccc3ccccc23)C1. The van der Waals surface area contributed by atoms with Crippen LogP contribution in [0.1, 0.15) is 5.56 Å². The van der Waals surface area contributed by atoms with Crippen molar-refractivity contribution in [2.24, 2.45) is 0 Å². The third-order valence-corrected chi connectivity index (χ3v) is 4.45. The first-order valence-electron chi connectivity index (χ1n) is 6.18. The standard InChI is InChI=1S/C16H14N2S/c1-18-14(10-17)15(19-2)9-12-8-7-11-5-3-4-6-13(11)16(12)18/h3-8H,9H2,1-2H3. The number of hydrogen-bond acceptors (Lipinski definition) is 3. The molecule has 0 spiro atoms. The Morgan fingerprint density at radius 2 is 2.00 bits per heavy atom. The van der Waals surface area contributed by atoms with E-state index in [0.717, 1.165) is 17.0 Å². The lowest BCUT2D eigenvalue weighted by Gasteiger charge is -2.30. The molecule has 1 aliphatic heterocycles. The topological polar surface area (TPSA) is 27.0 Å². The van der Waals surface area contributed by atoms with E-state index >= 15 is 0 Å². The molecule has 0 amide bonds. The molecule has 3 heteroatoms. The molecule has 1 heterocycles. The van der Waals surface area contributed by atoms with E-state index in [1.807, 2.05) is 24.3 Å². The number of rotatable bonds is 1. The highest BCUT2D eigenvalue weighted by Crippen LogP contribution is 2.40. The normalized spacial score (nSPS) is 14.5. The summed E-state index contributed by atoms with van der Waals surface area (Å²) in [6.07, 6.45) is 2.89. The largest absolute Gasteiger partial charge is 0.335 e. The van der Waals surface area contributed by atoms with Gasteiger partial charge in [-0.05, 0) is 17.2 Å². The van der Waals surface area contributed by atoms with Gasteiger partial charge in [0.2, 0.25) is 0 Å². The molecule has 0 bridgehead atoms. The summed E-state index contributed by atoms with van der Waals surface area (Å²) in [6, 6.07) is 15.0. The zero-order valence-corrected chi connectivity index (χ0v) is 11.8. The molecule has 3 rings (SSSR count). The number of thioether (sulfide) groups is 1. The zero-order chi connectivity index (χ0) is 13.4. The fourth-order valence-corrected chi connectivity index (χ4v) is 3.38. The third-order valence-electron chi connectivity index (χ3n) is 3.62. The molecule has 1 aliphatic rings. The second-order valence-electron chi connectivity index (χ2n) is 4.62. The van der Waals surface area contributed by atoms with Crippen LogP contribution in [-0.4, -0.2) is 13.3 Å². The van der Waals surface area contributed by atoms with Gasteiger partial charge in [0.25, 0.3) is 0 Å². The molecular weight excluding hydrogens is 252 g/mol. The molecule has 2 aromatic rings. The summed E-state index contributed by atoms with van der Waals surface area (Å²) in [5.41, 5.74) is 3.24. The van der Waals surface area contributed by atoms with Crippen molar-refractivity contribution in [1.82, 2.24) is 0 Å². The minimum absolute atomic E-state index is 0.774. The van der Waals surface area contributed by atoms with Gasteiger partial charge < -0.3 is 4.90 Å². The predicted molar refractivity (Wildman–Crippen MR) is 82.2 cm³/mol. The Morgan fingerprint density at radius 1 is 1.21 bits per heavy atom. The molecule has 94 valence electrons. The van der Waals surface area contributed by atoms with Crippen molar-refractivity contribution in [2.75, 3.05) is 18.2 Å². The summed E-state index contributed by atoms with van der Waals surface area (Å²) < 4.78 is 0. The first kappa shape index (κ1) is 12.1. The molecular formula is C16H14N2S. The number of benzene rings is 2. The van der Waals surface area contributed by atoms with Gasteiger partial charge in [0, 0.05) is 23.8 Å². The minimum Gasteiger partial charge on any atom is -0.335 e. The Bertz CT molecular complexity index is 725. The molecule has 0 atom stereocenters. The maximum absolute atomic E-state index is 9.40. The molecule has 0 radical (unpaired) electrons. The number of anilines is 1. The Morgan fingerprint density at radius 3 is 2.74 bits per heavy atom. The van der Waals surface area contributed by atoms with Crippen LogP contribution in [0, 0.1) is 11.3 Å². The quantitative estimate of drug-likeness (QED) is 0.782. The van der Waals surface area contributed by atoms with Crippen LogP contribution in [0.4, 0.5) is 5.69 Å². The van der Waals surface area contributed by atoms with E-state index in [-0.39, 0.29) is 0 Å². The van der Waals surface area contributed by atoms with Crippen molar-refractivity contribution in [3.8, 4) is 6.07 Å². The van der Waals surface area contributed by atoms with Crippen molar-refractivity contribution in [3.05, 3.63) is 52.6 Å². The van der Waals surface area contributed by atoms with Gasteiger partial charge in [0.15, 0.2) is 0 Å². The molecule has 0 N–H and O–H groups in total. The third kappa shape index (κ3) is 1.80. The van der Waals surface area contributed by atoms with Crippen LogP contribution in [0.5, 0.6) is 0 Å². The smallest absolute Gasteiger partial charge is 0.130 e. The summed E-state index contributed by atoms with van der Waals surface area (Å²) >= 11 is 1.67. The van der Waals surface area contributed by atoms with E-state index < -0.39 is 0 Å². The highest BCUT2D eigenvalue weighted by molar-refractivity contribution is 8.02. The number of nitriles is 1. The van der Waals surface area contributed by atoms with E-state index in [1.165, 1.54) is 22.0 Å². The Hall–Kier alpha value is -1.92. The lowest BCUT2D eigenvalue weighted by atomic mass is 9.97. The monoisotopic (exact) mass is 266 g/mol. The summed E-state index contributed by atoms with van der Waals surface area (Å²) in [6.45, 7) is 0. The van der Waals surface area contributed by atoms with Crippen LogP contribution in [0.3, 0.4) is 0 Å². The highest BCUT2D eigenvalue weighted by atomic mass is 32.2. The molecule has 0 aromatic heterocycles. The van der Waals surface area contributed by atoms with Crippen LogP contribution < -0.4 is 4.90 Å². The van der Waals surface area contributed by atoms with Crippen LogP contribution >= 0.6 is 11.8 Å². The summed E-state index contributed by atoms with van der Waals surface area (Å²) in [4.78, 5) is 3.18. The van der Waals surface area contributed by atoms with Crippen molar-refractivity contribution in [3.63, 3.8) is 0 Å². The first-order valence-corrected chi connectivity index (χ1v) is 7.40. The van der Waals surface area contributed by atoms with Crippen LogP contribution in [0.2, 0.25) is 0 Å². The average Bonchev–Trinajstić information content (AvgIpc) is 2.46. The predicted octanol–water partition coefficient (Wildman–Crippen LogP) is 3.93. The van der Waals surface area contributed by atoms with Crippen LogP contribution in [0.15, 0.2) is 47.0 Å². The van der Waals surface area contributed by atoms with Crippen LogP contribution in [-0.2, 0) is 6.42 Å². The highest BCUT2D eigenvalue weighted by Gasteiger charge is 2.23. The number of nitrogens with zero attached hydrogens (tertiary/aromatic N) is 2. The van der Waals surface area contributed by atoms with E-state index in [4.69, 9.17) is 0 Å². The Labute approximate surface area is 117 Å². The number of hydrogen-bond donors (Lipinski definition) is 0. The van der Waals surface area contributed by atoms with E-state index in [2.05, 4.69) is 36.4 Å². The van der Waals surface area contributed by atoms with Gasteiger partial charge in [-0.25, -0.2) is 0 Å². The molecule has 0 aliphatic carbocycles. The van der Waals surface area contributed by atoms with Gasteiger partial charge in [-0.3, -0.25) is 0 Å². The molecule has 19 heavy (non-hydrogen) atoms. The molecule has 0 saturated carbocycles. The molecule has 0 fully saturated rings. The van der Waals surface area contributed by atoms with Crippen LogP contribution in [0.25, 0.3) is 10.8 Å². The fraction of sp³-hybridized carbons (Fsp3) is 0.188. The fourth-order valence-electron chi connectivity index (χ4n) is 2.70. The van der Waals surface area contributed by atoms with Crippen molar-refractivity contribution < 1.29 is 0 Å². The minimum atomic E-state index is 0.774. The average molecular weight is 266 g/mol. The van der Waals surface area contributed by atoms with Gasteiger partial charge in [-0.1, -0.05) is 36.4 Å². The molecule has 2 aromatic carbocycles. The zero-order valence-electron chi connectivity index (χ0n) is 11.0. The second-order valence-corrected chi connectivity index (χ2v) is 5.52. The van der Waals surface area contributed by atoms with Crippen molar-refractivity contribution in [1.29, 1.82) is 5.26 Å². The van der Waals surface area contributed by atoms with Gasteiger partial charge >= 0.3 is 0 Å². The summed E-state index contributed by atoms with van der Waals surface area (Å²) in [7, 11) is 1.99. The summed E-state index contributed by atoms with van der Waals surface area (Å²) in [5, 5.41) is 11.8. The summed E-state index contributed by atoms with van der Waals surface area (Å²) in [5.74, 6) is 0. The van der Waals surface area contributed by atoms with E-state index in [9.17, 15) is 5.26 Å². The first-order chi connectivity index (χ1) is 9.26. The van der Waals surface area contributed by atoms with Gasteiger partial charge in [-0.15, -0.1) is 11.8 Å². The number of fused-ring (bicyclic) bond motifs is 3. The second kappa shape index (κ2) is 4.64. The molecule has 0 saturated heterocycles. The van der Waals surface area contributed by atoms with Gasteiger partial charge in [-0.2, -0.15) is 5.26 Å². The van der Waals surface area contributed by atoms with E-state index in [0.29, 0.717) is 0 Å². The molecule has 0 unspecified atom stereocenters. The maximum Gasteiger partial charge on any atom is 0.130 e. The lowest BCUT2D eigenvalue weighted by molar-refractivity contribution is 1.04.